The third kappa shape index (κ3) is 2.46. The Hall–Kier alpha value is -1.13. The van der Waals surface area contributed by atoms with Crippen molar-refractivity contribution >= 4 is 11.3 Å². The first-order chi connectivity index (χ1) is 7.42. The second-order valence-corrected chi connectivity index (χ2v) is 4.22. The maximum atomic E-state index is 4.20. The van der Waals surface area contributed by atoms with E-state index in [0.29, 0.717) is 0 Å². The highest BCUT2D eigenvalue weighted by Gasteiger charge is 2.04. The molecule has 2 heterocycles. The molecule has 0 saturated carbocycles. The summed E-state index contributed by atoms with van der Waals surface area (Å²) in [4.78, 5) is 4.20. The smallest absolute Gasteiger partial charge is 0.0950 e. The maximum absolute atomic E-state index is 4.20. The first-order valence-corrected chi connectivity index (χ1v) is 6.03. The predicted octanol–water partition coefficient (Wildman–Crippen LogP) is 2.22. The van der Waals surface area contributed by atoms with Crippen molar-refractivity contribution in [2.24, 2.45) is 0 Å². The SMILES string of the molecule is CNCCCn1cncc1-c1ccsc1. The van der Waals surface area contributed by atoms with Crippen molar-refractivity contribution < 1.29 is 0 Å². The van der Waals surface area contributed by atoms with Gasteiger partial charge in [-0.2, -0.15) is 11.3 Å². The van der Waals surface area contributed by atoms with Crippen LogP contribution < -0.4 is 5.32 Å². The Morgan fingerprint density at radius 1 is 1.53 bits per heavy atom. The average molecular weight is 221 g/mol. The van der Waals surface area contributed by atoms with Gasteiger partial charge in [-0.1, -0.05) is 0 Å². The lowest BCUT2D eigenvalue weighted by atomic mass is 10.2. The Morgan fingerprint density at radius 2 is 2.47 bits per heavy atom. The topological polar surface area (TPSA) is 29.9 Å². The molecule has 80 valence electrons. The normalized spacial score (nSPS) is 10.7. The lowest BCUT2D eigenvalue weighted by Gasteiger charge is -2.06. The van der Waals surface area contributed by atoms with Gasteiger partial charge in [0.05, 0.1) is 18.2 Å². The molecule has 0 spiro atoms. The first kappa shape index (κ1) is 10.4. The van der Waals surface area contributed by atoms with Crippen molar-refractivity contribution in [1.29, 1.82) is 0 Å². The first-order valence-electron chi connectivity index (χ1n) is 5.09. The fraction of sp³-hybridized carbons (Fsp3) is 0.364. The Balaban J connectivity index is 2.09. The summed E-state index contributed by atoms with van der Waals surface area (Å²) in [7, 11) is 1.98. The minimum Gasteiger partial charge on any atom is -0.331 e. The van der Waals surface area contributed by atoms with Crippen LogP contribution in [0.2, 0.25) is 0 Å². The summed E-state index contributed by atoms with van der Waals surface area (Å²) >= 11 is 1.72. The maximum Gasteiger partial charge on any atom is 0.0950 e. The summed E-state index contributed by atoms with van der Waals surface area (Å²) < 4.78 is 2.21. The molecule has 0 aromatic carbocycles. The number of imidazole rings is 1. The highest BCUT2D eigenvalue weighted by atomic mass is 32.1. The lowest BCUT2D eigenvalue weighted by Crippen LogP contribution is -2.11. The standard InChI is InChI=1S/C11H15N3S/c1-12-4-2-5-14-9-13-7-11(14)10-3-6-15-8-10/h3,6-9,12H,2,4-5H2,1H3. The van der Waals surface area contributed by atoms with E-state index in [1.165, 1.54) is 11.3 Å². The van der Waals surface area contributed by atoms with Crippen molar-refractivity contribution in [1.82, 2.24) is 14.9 Å². The zero-order valence-corrected chi connectivity index (χ0v) is 9.63. The fourth-order valence-electron chi connectivity index (χ4n) is 1.58. The second-order valence-electron chi connectivity index (χ2n) is 3.44. The Bertz CT molecular complexity index is 392. The minimum absolute atomic E-state index is 1.02. The third-order valence-electron chi connectivity index (χ3n) is 2.36. The second kappa shape index (κ2) is 5.09. The van der Waals surface area contributed by atoms with E-state index in [9.17, 15) is 0 Å². The zero-order chi connectivity index (χ0) is 10.5. The van der Waals surface area contributed by atoms with Crippen LogP contribution in [0.4, 0.5) is 0 Å². The van der Waals surface area contributed by atoms with Gasteiger partial charge < -0.3 is 9.88 Å². The molecule has 1 N–H and O–H groups in total. The molecule has 0 unspecified atom stereocenters. The van der Waals surface area contributed by atoms with Crippen LogP contribution in [0, 0.1) is 0 Å². The molecule has 0 aliphatic carbocycles. The van der Waals surface area contributed by atoms with Gasteiger partial charge in [-0.15, -0.1) is 0 Å². The van der Waals surface area contributed by atoms with Crippen LogP contribution in [0.1, 0.15) is 6.42 Å². The molecule has 0 amide bonds. The number of thiophene rings is 1. The van der Waals surface area contributed by atoms with Crippen molar-refractivity contribution in [3.63, 3.8) is 0 Å². The third-order valence-corrected chi connectivity index (χ3v) is 3.04. The monoisotopic (exact) mass is 221 g/mol. The summed E-state index contributed by atoms with van der Waals surface area (Å²) in [5.74, 6) is 0. The van der Waals surface area contributed by atoms with E-state index in [4.69, 9.17) is 0 Å². The molecular weight excluding hydrogens is 206 g/mol. The van der Waals surface area contributed by atoms with E-state index in [0.717, 1.165) is 19.5 Å². The van der Waals surface area contributed by atoms with E-state index in [2.05, 4.69) is 31.7 Å². The number of hydrogen-bond donors (Lipinski definition) is 1. The predicted molar refractivity (Wildman–Crippen MR) is 64.1 cm³/mol. The highest BCUT2D eigenvalue weighted by Crippen LogP contribution is 2.21. The van der Waals surface area contributed by atoms with Gasteiger partial charge in [0, 0.05) is 17.5 Å². The molecule has 4 heteroatoms. The van der Waals surface area contributed by atoms with Gasteiger partial charge in [-0.3, -0.25) is 0 Å². The quantitative estimate of drug-likeness (QED) is 0.785. The van der Waals surface area contributed by atoms with E-state index in [1.54, 1.807) is 11.3 Å². The largest absolute Gasteiger partial charge is 0.331 e. The van der Waals surface area contributed by atoms with Crippen LogP contribution in [0.5, 0.6) is 0 Å². The van der Waals surface area contributed by atoms with Gasteiger partial charge in [-0.25, -0.2) is 4.98 Å². The van der Waals surface area contributed by atoms with Crippen molar-refractivity contribution in [2.75, 3.05) is 13.6 Å². The Kier molecular flexibility index (Phi) is 3.53. The number of aryl methyl sites for hydroxylation is 1. The summed E-state index contributed by atoms with van der Waals surface area (Å²) in [6, 6.07) is 2.14. The van der Waals surface area contributed by atoms with E-state index in [1.807, 2.05) is 19.6 Å². The molecule has 2 aromatic heterocycles. The van der Waals surface area contributed by atoms with E-state index in [-0.39, 0.29) is 0 Å². The molecule has 3 nitrogen and oxygen atoms in total. The van der Waals surface area contributed by atoms with Gasteiger partial charge in [0.2, 0.25) is 0 Å². The summed E-state index contributed by atoms with van der Waals surface area (Å²) in [5, 5.41) is 7.41. The molecule has 0 saturated heterocycles. The average Bonchev–Trinajstić information content (AvgIpc) is 2.87. The van der Waals surface area contributed by atoms with Crippen molar-refractivity contribution in [2.45, 2.75) is 13.0 Å². The molecule has 15 heavy (non-hydrogen) atoms. The molecule has 0 radical (unpaired) electrons. The van der Waals surface area contributed by atoms with E-state index < -0.39 is 0 Å². The van der Waals surface area contributed by atoms with Gasteiger partial charge in [0.15, 0.2) is 0 Å². The van der Waals surface area contributed by atoms with Crippen molar-refractivity contribution in [3.8, 4) is 11.3 Å². The summed E-state index contributed by atoms with van der Waals surface area (Å²) in [6.45, 7) is 2.06. The van der Waals surface area contributed by atoms with Gasteiger partial charge in [0.1, 0.15) is 0 Å². The van der Waals surface area contributed by atoms with Crippen LogP contribution in [0.15, 0.2) is 29.4 Å². The molecule has 0 fully saturated rings. The zero-order valence-electron chi connectivity index (χ0n) is 8.81. The minimum atomic E-state index is 1.02. The molecular formula is C11H15N3S. The van der Waals surface area contributed by atoms with Crippen molar-refractivity contribution in [3.05, 3.63) is 29.4 Å². The Labute approximate surface area is 93.8 Å². The molecule has 0 aliphatic heterocycles. The molecule has 2 aromatic rings. The van der Waals surface area contributed by atoms with Crippen LogP contribution in [0.3, 0.4) is 0 Å². The van der Waals surface area contributed by atoms with Gasteiger partial charge in [0.25, 0.3) is 0 Å². The number of hydrogen-bond acceptors (Lipinski definition) is 3. The molecule has 0 aliphatic rings. The van der Waals surface area contributed by atoms with Gasteiger partial charge >= 0.3 is 0 Å². The molecule has 0 atom stereocenters. The van der Waals surface area contributed by atoms with Crippen LogP contribution in [0.25, 0.3) is 11.3 Å². The van der Waals surface area contributed by atoms with E-state index >= 15 is 0 Å². The summed E-state index contributed by atoms with van der Waals surface area (Å²) in [6.07, 6.45) is 4.97. The fourth-order valence-corrected chi connectivity index (χ4v) is 2.23. The van der Waals surface area contributed by atoms with Crippen LogP contribution in [-0.2, 0) is 6.54 Å². The number of aromatic nitrogens is 2. The molecule has 2 rings (SSSR count). The Morgan fingerprint density at radius 3 is 3.20 bits per heavy atom. The number of nitrogens with zero attached hydrogens (tertiary/aromatic N) is 2. The van der Waals surface area contributed by atoms with Crippen LogP contribution >= 0.6 is 11.3 Å². The number of nitrogens with one attached hydrogen (secondary N) is 1. The highest BCUT2D eigenvalue weighted by molar-refractivity contribution is 7.08. The van der Waals surface area contributed by atoms with Gasteiger partial charge in [-0.05, 0) is 31.5 Å². The van der Waals surface area contributed by atoms with Crippen LogP contribution in [-0.4, -0.2) is 23.1 Å². The summed E-state index contributed by atoms with van der Waals surface area (Å²) in [5.41, 5.74) is 2.48. The number of rotatable bonds is 5. The molecule has 0 bridgehead atoms. The lowest BCUT2D eigenvalue weighted by molar-refractivity contribution is 0.616.